The van der Waals surface area contributed by atoms with Crippen LogP contribution in [0.1, 0.15) is 54.1 Å². The summed E-state index contributed by atoms with van der Waals surface area (Å²) in [4.78, 5) is 7.07. The largest absolute Gasteiger partial charge is 0.381 e. The molecular weight excluding hydrogens is 417 g/mol. The summed E-state index contributed by atoms with van der Waals surface area (Å²) in [6, 6.07) is 9.21. The highest BCUT2D eigenvalue weighted by Crippen LogP contribution is 2.29. The molecule has 33 heavy (non-hydrogen) atoms. The molecule has 5 rings (SSSR count). The molecular formula is C26H34FN5O. The van der Waals surface area contributed by atoms with Crippen molar-refractivity contribution in [2.24, 2.45) is 5.92 Å². The zero-order chi connectivity index (χ0) is 22.6. The average molecular weight is 452 g/mol. The minimum atomic E-state index is -0.119. The van der Waals surface area contributed by atoms with Crippen molar-refractivity contribution in [3.05, 3.63) is 64.9 Å². The first kappa shape index (κ1) is 22.4. The predicted molar refractivity (Wildman–Crippen MR) is 127 cm³/mol. The molecule has 176 valence electrons. The van der Waals surface area contributed by atoms with Gasteiger partial charge in [0.25, 0.3) is 0 Å². The highest BCUT2D eigenvalue weighted by molar-refractivity contribution is 5.50. The standard InChI is InChI=1S/C26H34FN5O/c1-19-23(16-28-15-20-9-13-33-14-10-20)26-29-11-8-25(32(26)30-19)22-6-4-12-31(18-22)17-21-5-2-3-7-24(21)27/h2-3,5,7-8,11,20,22,28H,4,6,9-10,12-18H2,1H3. The molecule has 0 aliphatic carbocycles. The quantitative estimate of drug-likeness (QED) is 0.587. The Morgan fingerprint density at radius 3 is 2.85 bits per heavy atom. The van der Waals surface area contributed by atoms with Gasteiger partial charge >= 0.3 is 0 Å². The van der Waals surface area contributed by atoms with E-state index in [9.17, 15) is 4.39 Å². The molecule has 1 N–H and O–H groups in total. The van der Waals surface area contributed by atoms with Crippen molar-refractivity contribution >= 4 is 5.65 Å². The van der Waals surface area contributed by atoms with Crippen molar-refractivity contribution in [2.75, 3.05) is 32.8 Å². The maximum Gasteiger partial charge on any atom is 0.159 e. The van der Waals surface area contributed by atoms with Crippen LogP contribution in [0.3, 0.4) is 0 Å². The van der Waals surface area contributed by atoms with Crippen molar-refractivity contribution in [1.82, 2.24) is 24.8 Å². The molecule has 3 aromatic rings. The fraction of sp³-hybridized carbons (Fsp3) is 0.538. The molecule has 2 aliphatic heterocycles. The fourth-order valence-electron chi connectivity index (χ4n) is 5.29. The minimum Gasteiger partial charge on any atom is -0.381 e. The van der Waals surface area contributed by atoms with Crippen molar-refractivity contribution in [3.8, 4) is 0 Å². The molecule has 1 unspecified atom stereocenters. The number of likely N-dealkylation sites (tertiary alicyclic amines) is 1. The number of ether oxygens (including phenoxy) is 1. The second-order valence-electron chi connectivity index (χ2n) is 9.52. The molecule has 2 aromatic heterocycles. The van der Waals surface area contributed by atoms with E-state index in [0.717, 1.165) is 82.0 Å². The zero-order valence-electron chi connectivity index (χ0n) is 19.5. The normalized spacial score (nSPS) is 20.5. The molecule has 0 spiro atoms. The van der Waals surface area contributed by atoms with Gasteiger partial charge in [-0.15, -0.1) is 0 Å². The van der Waals surface area contributed by atoms with Gasteiger partial charge in [0.2, 0.25) is 0 Å². The predicted octanol–water partition coefficient (Wildman–Crippen LogP) is 4.07. The van der Waals surface area contributed by atoms with E-state index in [0.29, 0.717) is 18.4 Å². The summed E-state index contributed by atoms with van der Waals surface area (Å²) in [5.74, 6) is 0.928. The Morgan fingerprint density at radius 1 is 1.15 bits per heavy atom. The van der Waals surface area contributed by atoms with Crippen LogP contribution < -0.4 is 5.32 Å². The van der Waals surface area contributed by atoms with E-state index in [1.54, 1.807) is 12.1 Å². The number of aromatic nitrogens is 3. The van der Waals surface area contributed by atoms with Gasteiger partial charge < -0.3 is 10.1 Å². The Hall–Kier alpha value is -2.35. The van der Waals surface area contributed by atoms with Crippen LogP contribution in [0.15, 0.2) is 36.5 Å². The lowest BCUT2D eigenvalue weighted by atomic mass is 9.94. The van der Waals surface area contributed by atoms with E-state index in [1.165, 1.54) is 11.3 Å². The van der Waals surface area contributed by atoms with Crippen LogP contribution in [0.4, 0.5) is 4.39 Å². The van der Waals surface area contributed by atoms with Gasteiger partial charge in [-0.3, -0.25) is 4.90 Å². The Morgan fingerprint density at radius 2 is 2.00 bits per heavy atom. The monoisotopic (exact) mass is 451 g/mol. The van der Waals surface area contributed by atoms with Crippen LogP contribution >= 0.6 is 0 Å². The second kappa shape index (κ2) is 10.3. The van der Waals surface area contributed by atoms with Gasteiger partial charge in [-0.25, -0.2) is 13.9 Å². The number of fused-ring (bicyclic) bond motifs is 1. The number of halogens is 1. The number of nitrogens with zero attached hydrogens (tertiary/aromatic N) is 4. The fourth-order valence-corrected chi connectivity index (χ4v) is 5.29. The van der Waals surface area contributed by atoms with E-state index in [2.05, 4.69) is 27.7 Å². The molecule has 0 amide bonds. The number of benzene rings is 1. The molecule has 1 atom stereocenters. The van der Waals surface area contributed by atoms with E-state index >= 15 is 0 Å². The molecule has 7 heteroatoms. The third-order valence-electron chi connectivity index (χ3n) is 7.20. The van der Waals surface area contributed by atoms with Gasteiger partial charge in [0.05, 0.1) is 11.4 Å². The minimum absolute atomic E-state index is 0.119. The number of piperidine rings is 1. The highest BCUT2D eigenvalue weighted by Gasteiger charge is 2.25. The van der Waals surface area contributed by atoms with Gasteiger partial charge in [-0.1, -0.05) is 18.2 Å². The Balaban J connectivity index is 1.30. The van der Waals surface area contributed by atoms with Crippen LogP contribution in [0, 0.1) is 18.7 Å². The first-order valence-corrected chi connectivity index (χ1v) is 12.3. The third kappa shape index (κ3) is 5.10. The molecule has 1 aromatic carbocycles. The Kier molecular flexibility index (Phi) is 6.99. The summed E-state index contributed by atoms with van der Waals surface area (Å²) in [5, 5.41) is 8.53. The summed E-state index contributed by atoms with van der Waals surface area (Å²) in [7, 11) is 0. The molecule has 0 bridgehead atoms. The van der Waals surface area contributed by atoms with Crippen molar-refractivity contribution in [2.45, 2.75) is 51.6 Å². The van der Waals surface area contributed by atoms with E-state index in [-0.39, 0.29) is 5.82 Å². The maximum absolute atomic E-state index is 14.2. The lowest BCUT2D eigenvalue weighted by Crippen LogP contribution is -2.34. The Labute approximate surface area is 195 Å². The summed E-state index contributed by atoms with van der Waals surface area (Å²) in [6.45, 7) is 8.18. The number of rotatable bonds is 7. The van der Waals surface area contributed by atoms with E-state index < -0.39 is 0 Å². The number of hydrogen-bond donors (Lipinski definition) is 1. The zero-order valence-corrected chi connectivity index (χ0v) is 19.5. The average Bonchev–Trinajstić information content (AvgIpc) is 3.16. The van der Waals surface area contributed by atoms with Gasteiger partial charge in [0, 0.05) is 56.1 Å². The van der Waals surface area contributed by atoms with Crippen molar-refractivity contribution in [1.29, 1.82) is 0 Å². The van der Waals surface area contributed by atoms with Gasteiger partial charge in [-0.05, 0) is 63.7 Å². The van der Waals surface area contributed by atoms with Crippen LogP contribution in [0.2, 0.25) is 0 Å². The molecule has 2 fully saturated rings. The molecule has 4 heterocycles. The summed E-state index contributed by atoms with van der Waals surface area (Å²) in [6.07, 6.45) is 6.40. The summed E-state index contributed by atoms with van der Waals surface area (Å²) < 4.78 is 21.7. The topological polar surface area (TPSA) is 54.7 Å². The van der Waals surface area contributed by atoms with E-state index in [1.807, 2.05) is 18.3 Å². The maximum atomic E-state index is 14.2. The number of hydrogen-bond acceptors (Lipinski definition) is 5. The van der Waals surface area contributed by atoms with Crippen LogP contribution in [-0.4, -0.2) is 52.3 Å². The summed E-state index contributed by atoms with van der Waals surface area (Å²) >= 11 is 0. The van der Waals surface area contributed by atoms with Gasteiger partial charge in [0.15, 0.2) is 5.65 Å². The SMILES string of the molecule is Cc1nn2c(C3CCCN(Cc4ccccc4F)C3)ccnc2c1CNCC1CCOCC1. The van der Waals surface area contributed by atoms with E-state index in [4.69, 9.17) is 14.8 Å². The van der Waals surface area contributed by atoms with Gasteiger partial charge in [0.1, 0.15) is 5.82 Å². The lowest BCUT2D eigenvalue weighted by molar-refractivity contribution is 0.0662. The lowest BCUT2D eigenvalue weighted by Gasteiger charge is -2.33. The second-order valence-corrected chi connectivity index (χ2v) is 9.52. The first-order chi connectivity index (χ1) is 16.2. The van der Waals surface area contributed by atoms with Crippen LogP contribution in [-0.2, 0) is 17.8 Å². The molecule has 6 nitrogen and oxygen atoms in total. The highest BCUT2D eigenvalue weighted by atomic mass is 19.1. The third-order valence-corrected chi connectivity index (χ3v) is 7.20. The number of nitrogens with one attached hydrogen (secondary N) is 1. The van der Waals surface area contributed by atoms with Gasteiger partial charge in [-0.2, -0.15) is 5.10 Å². The first-order valence-electron chi connectivity index (χ1n) is 12.3. The van der Waals surface area contributed by atoms with Crippen molar-refractivity contribution in [3.63, 3.8) is 0 Å². The number of aryl methyl sites for hydroxylation is 1. The molecule has 2 saturated heterocycles. The van der Waals surface area contributed by atoms with Crippen LogP contribution in [0.5, 0.6) is 0 Å². The Bertz CT molecular complexity index is 1080. The summed E-state index contributed by atoms with van der Waals surface area (Å²) in [5.41, 5.74) is 5.15. The smallest absolute Gasteiger partial charge is 0.159 e. The van der Waals surface area contributed by atoms with Crippen LogP contribution in [0.25, 0.3) is 5.65 Å². The molecule has 0 radical (unpaired) electrons. The van der Waals surface area contributed by atoms with Crippen molar-refractivity contribution < 1.29 is 9.13 Å². The molecule has 2 aliphatic rings. The molecule has 0 saturated carbocycles.